The van der Waals surface area contributed by atoms with E-state index in [9.17, 15) is 40.7 Å². The largest absolute Gasteiger partial charge is 0.416 e. The summed E-state index contributed by atoms with van der Waals surface area (Å²) in [6.07, 6.45) is -10.1. The molecule has 15 heteroatoms. The van der Waals surface area contributed by atoms with Crippen LogP contribution in [0.4, 0.5) is 26.3 Å². The van der Waals surface area contributed by atoms with E-state index >= 15 is 0 Å². The van der Waals surface area contributed by atoms with Crippen LogP contribution in [0.5, 0.6) is 0 Å². The van der Waals surface area contributed by atoms with Crippen LogP contribution in [0.1, 0.15) is 51.5 Å². The molecule has 1 fully saturated rings. The van der Waals surface area contributed by atoms with Gasteiger partial charge in [0.1, 0.15) is 5.69 Å². The molecule has 248 valence electrons. The first-order valence-corrected chi connectivity index (χ1v) is 15.1. The molecule has 0 bridgehead atoms. The van der Waals surface area contributed by atoms with E-state index in [-0.39, 0.29) is 60.1 Å². The lowest BCUT2D eigenvalue weighted by Crippen LogP contribution is -2.52. The van der Waals surface area contributed by atoms with Gasteiger partial charge in [-0.2, -0.15) is 26.3 Å². The number of hydrogen-bond donors (Lipinski definition) is 1. The van der Waals surface area contributed by atoms with Gasteiger partial charge in [0.25, 0.3) is 11.5 Å². The summed E-state index contributed by atoms with van der Waals surface area (Å²) in [6, 6.07) is 11.6. The summed E-state index contributed by atoms with van der Waals surface area (Å²) in [5.74, 6) is -2.02. The SMILES string of the molecule is CN(C(=O)c1cc(C(F)(F)F)cc(C(F)(F)F)c1)[C@@H]1CCN(C(=O)CCc2nc3ccccc3[nH]c2=O)C[C@H]1c1ccc(Cl)c(Cl)c1. The van der Waals surface area contributed by atoms with Crippen LogP contribution in [0.15, 0.2) is 65.5 Å². The van der Waals surface area contributed by atoms with Crippen LogP contribution in [0.25, 0.3) is 11.0 Å². The minimum absolute atomic E-state index is 0.0387. The van der Waals surface area contributed by atoms with E-state index < -0.39 is 52.5 Å². The lowest BCUT2D eigenvalue weighted by atomic mass is 9.84. The van der Waals surface area contributed by atoms with Gasteiger partial charge in [-0.05, 0) is 54.4 Å². The summed E-state index contributed by atoms with van der Waals surface area (Å²) in [4.78, 5) is 49.2. The van der Waals surface area contributed by atoms with E-state index in [2.05, 4.69) is 9.97 Å². The number of benzene rings is 3. The fourth-order valence-corrected chi connectivity index (χ4v) is 6.06. The van der Waals surface area contributed by atoms with Crippen molar-refractivity contribution in [2.45, 2.75) is 43.6 Å². The number of halogens is 8. The maximum atomic E-state index is 13.5. The van der Waals surface area contributed by atoms with Crippen molar-refractivity contribution in [1.29, 1.82) is 0 Å². The molecule has 1 saturated heterocycles. The lowest BCUT2D eigenvalue weighted by Gasteiger charge is -2.43. The van der Waals surface area contributed by atoms with Crippen molar-refractivity contribution in [3.63, 3.8) is 0 Å². The fourth-order valence-electron chi connectivity index (χ4n) is 5.75. The highest BCUT2D eigenvalue weighted by Gasteiger charge is 2.40. The average Bonchev–Trinajstić information content (AvgIpc) is 3.02. The monoisotopic (exact) mass is 698 g/mol. The van der Waals surface area contributed by atoms with Crippen LogP contribution >= 0.6 is 23.2 Å². The summed E-state index contributed by atoms with van der Waals surface area (Å²) < 4.78 is 81.1. The van der Waals surface area contributed by atoms with Gasteiger partial charge in [-0.1, -0.05) is 41.4 Å². The molecule has 2 atom stereocenters. The number of carbonyl (C=O) groups excluding carboxylic acids is 2. The maximum Gasteiger partial charge on any atom is 0.416 e. The molecule has 0 spiro atoms. The minimum Gasteiger partial charge on any atom is -0.342 e. The van der Waals surface area contributed by atoms with Crippen LogP contribution < -0.4 is 5.56 Å². The molecule has 5 rings (SSSR count). The number of nitrogens with one attached hydrogen (secondary N) is 1. The number of nitrogens with zero attached hydrogens (tertiary/aromatic N) is 3. The van der Waals surface area contributed by atoms with E-state index in [0.29, 0.717) is 28.7 Å². The third-order valence-electron chi connectivity index (χ3n) is 8.20. The van der Waals surface area contributed by atoms with E-state index in [1.54, 1.807) is 36.4 Å². The van der Waals surface area contributed by atoms with Crippen LogP contribution in [0.3, 0.4) is 0 Å². The van der Waals surface area contributed by atoms with Gasteiger partial charge < -0.3 is 14.8 Å². The molecule has 1 aliphatic rings. The molecule has 7 nitrogen and oxygen atoms in total. The molecular weight excluding hydrogens is 673 g/mol. The minimum atomic E-state index is -5.13. The van der Waals surface area contributed by atoms with Gasteiger partial charge in [0.2, 0.25) is 5.91 Å². The van der Waals surface area contributed by atoms with Gasteiger partial charge >= 0.3 is 12.4 Å². The van der Waals surface area contributed by atoms with Crippen LogP contribution in [-0.2, 0) is 23.6 Å². The Bertz CT molecular complexity index is 1860. The second-order valence-electron chi connectivity index (χ2n) is 11.2. The van der Waals surface area contributed by atoms with Gasteiger partial charge in [-0.3, -0.25) is 14.4 Å². The first-order valence-electron chi connectivity index (χ1n) is 14.3. The summed E-state index contributed by atoms with van der Waals surface area (Å²) in [7, 11) is 1.29. The van der Waals surface area contributed by atoms with Crippen molar-refractivity contribution in [2.24, 2.45) is 0 Å². The predicted octanol–water partition coefficient (Wildman–Crippen LogP) is 7.36. The summed E-state index contributed by atoms with van der Waals surface area (Å²) >= 11 is 12.4. The molecule has 1 aliphatic heterocycles. The number of rotatable bonds is 6. The first-order chi connectivity index (χ1) is 22.0. The third-order valence-corrected chi connectivity index (χ3v) is 8.94. The number of alkyl halides is 6. The zero-order valence-electron chi connectivity index (χ0n) is 24.6. The highest BCUT2D eigenvalue weighted by atomic mass is 35.5. The van der Waals surface area contributed by atoms with E-state index in [4.69, 9.17) is 23.2 Å². The number of aromatic nitrogens is 2. The number of aryl methyl sites for hydroxylation is 1. The first kappa shape index (κ1) is 34.2. The Labute approximate surface area is 274 Å². The molecule has 2 heterocycles. The number of likely N-dealkylation sites (N-methyl/N-ethyl adjacent to an activating group) is 1. The van der Waals surface area contributed by atoms with Crippen molar-refractivity contribution >= 4 is 46.0 Å². The average molecular weight is 699 g/mol. The summed E-state index contributed by atoms with van der Waals surface area (Å²) in [5, 5.41) is 0.409. The highest BCUT2D eigenvalue weighted by Crippen LogP contribution is 2.38. The number of fused-ring (bicyclic) bond motifs is 1. The van der Waals surface area contributed by atoms with Gasteiger partial charge in [0.05, 0.1) is 32.2 Å². The molecule has 0 aliphatic carbocycles. The smallest absolute Gasteiger partial charge is 0.342 e. The number of H-pyrrole nitrogens is 1. The second kappa shape index (κ2) is 13.2. The van der Waals surface area contributed by atoms with Crippen molar-refractivity contribution in [2.75, 3.05) is 20.1 Å². The van der Waals surface area contributed by atoms with E-state index in [0.717, 1.165) is 4.90 Å². The van der Waals surface area contributed by atoms with E-state index in [1.165, 1.54) is 18.0 Å². The topological polar surface area (TPSA) is 86.4 Å². The molecular formula is C32H26Cl2F6N4O3. The Morgan fingerprint density at radius 1 is 0.957 bits per heavy atom. The Hall–Kier alpha value is -4.10. The Balaban J connectivity index is 1.41. The second-order valence-corrected chi connectivity index (χ2v) is 12.0. The van der Waals surface area contributed by atoms with Gasteiger partial charge in [0, 0.05) is 50.5 Å². The number of hydrogen-bond acceptors (Lipinski definition) is 4. The highest BCUT2D eigenvalue weighted by molar-refractivity contribution is 6.42. The standard InChI is InChI=1S/C32H26Cl2F6N4O3/c1-43(30(47)18-12-19(31(35,36)37)15-20(13-18)32(38,39)40)27-10-11-44(16-21(27)17-6-7-22(33)23(34)14-17)28(45)9-8-26-29(46)42-25-5-3-2-4-24(25)41-26/h2-7,12-15,21,27H,8-11,16H2,1H3,(H,42,46)/t21-,27+/m0/s1. The number of amides is 2. The normalized spacial score (nSPS) is 17.2. The molecule has 0 unspecified atom stereocenters. The fraction of sp³-hybridized carbons (Fsp3) is 0.312. The molecule has 3 aromatic carbocycles. The van der Waals surface area contributed by atoms with Crippen molar-refractivity contribution in [3.8, 4) is 0 Å². The molecule has 1 aromatic heterocycles. The Morgan fingerprint density at radius 2 is 1.62 bits per heavy atom. The summed E-state index contributed by atoms with van der Waals surface area (Å²) in [6.45, 7) is 0.161. The number of piperidine rings is 1. The number of likely N-dealkylation sites (tertiary alicyclic amines) is 1. The van der Waals surface area contributed by atoms with Gasteiger partial charge in [-0.25, -0.2) is 4.98 Å². The van der Waals surface area contributed by atoms with Crippen LogP contribution in [0.2, 0.25) is 10.0 Å². The molecule has 47 heavy (non-hydrogen) atoms. The van der Waals surface area contributed by atoms with Gasteiger partial charge in [-0.15, -0.1) is 0 Å². The Morgan fingerprint density at radius 3 is 2.26 bits per heavy atom. The van der Waals surface area contributed by atoms with Crippen LogP contribution in [-0.4, -0.2) is 57.8 Å². The molecule has 2 amide bonds. The maximum absolute atomic E-state index is 13.5. The van der Waals surface area contributed by atoms with E-state index in [1.807, 2.05) is 0 Å². The number of aromatic amines is 1. The number of para-hydroxylation sites is 2. The van der Waals surface area contributed by atoms with Crippen molar-refractivity contribution < 1.29 is 35.9 Å². The number of carbonyl (C=O) groups is 2. The lowest BCUT2D eigenvalue weighted by molar-refractivity contribution is -0.143. The zero-order valence-corrected chi connectivity index (χ0v) is 26.1. The molecule has 0 saturated carbocycles. The van der Waals surface area contributed by atoms with Crippen molar-refractivity contribution in [1.82, 2.24) is 19.8 Å². The Kier molecular flexibility index (Phi) is 9.61. The molecule has 1 N–H and O–H groups in total. The van der Waals surface area contributed by atoms with Crippen LogP contribution in [0, 0.1) is 0 Å². The van der Waals surface area contributed by atoms with Gasteiger partial charge in [0.15, 0.2) is 0 Å². The zero-order chi connectivity index (χ0) is 34.3. The quantitative estimate of drug-likeness (QED) is 0.213. The summed E-state index contributed by atoms with van der Waals surface area (Å²) in [5.41, 5.74) is -2.58. The third kappa shape index (κ3) is 7.57. The predicted molar refractivity (Wildman–Crippen MR) is 163 cm³/mol. The van der Waals surface area contributed by atoms with Crippen molar-refractivity contribution in [3.05, 3.63) is 109 Å². The molecule has 4 aromatic rings. The molecule has 0 radical (unpaired) electrons.